The Balaban J connectivity index is 2.67. The number of benzene rings is 1. The summed E-state index contributed by atoms with van der Waals surface area (Å²) in [5.74, 6) is -0.352. The maximum atomic E-state index is 11.7. The summed E-state index contributed by atoms with van der Waals surface area (Å²) in [6.45, 7) is 5.71. The molecule has 3 heteroatoms. The fourth-order valence-electron chi connectivity index (χ4n) is 2.14. The van der Waals surface area contributed by atoms with E-state index in [0.717, 1.165) is 22.3 Å². The number of carbonyl (C=O) groups excluding carboxylic acids is 1. The van der Waals surface area contributed by atoms with Crippen molar-refractivity contribution >= 4 is 5.91 Å². The van der Waals surface area contributed by atoms with Crippen LogP contribution < -0.4 is 5.73 Å². The van der Waals surface area contributed by atoms with Crippen molar-refractivity contribution in [2.75, 3.05) is 0 Å². The van der Waals surface area contributed by atoms with Crippen molar-refractivity contribution in [3.63, 3.8) is 0 Å². The number of pyridine rings is 1. The highest BCUT2D eigenvalue weighted by Crippen LogP contribution is 2.33. The van der Waals surface area contributed by atoms with E-state index in [4.69, 9.17) is 5.73 Å². The summed E-state index contributed by atoms with van der Waals surface area (Å²) in [6.07, 6.45) is 3.47. The molecule has 0 radical (unpaired) electrons. The van der Waals surface area contributed by atoms with Crippen LogP contribution >= 0.6 is 0 Å². The Hall–Kier alpha value is -2.16. The molecule has 0 spiro atoms. The lowest BCUT2D eigenvalue weighted by atomic mass is 9.80. The number of rotatable bonds is 3. The second kappa shape index (κ2) is 4.84. The molecular formula is C16H18N2O. The molecule has 3 nitrogen and oxygen atoms in total. The molecule has 1 heterocycles. The highest BCUT2D eigenvalue weighted by atomic mass is 16.1. The molecule has 0 fully saturated rings. The van der Waals surface area contributed by atoms with Gasteiger partial charge in [-0.05, 0) is 49.1 Å². The van der Waals surface area contributed by atoms with Crippen LogP contribution in [-0.2, 0) is 10.2 Å². The van der Waals surface area contributed by atoms with Gasteiger partial charge in [0.2, 0.25) is 5.91 Å². The minimum Gasteiger partial charge on any atom is -0.369 e. The number of nitrogens with zero attached hydrogens (tertiary/aromatic N) is 1. The van der Waals surface area contributed by atoms with Crippen LogP contribution in [0.15, 0.2) is 42.7 Å². The SMILES string of the molecule is Cc1ccccc1-c1ccncc1C(C)(C)C(N)=O. The van der Waals surface area contributed by atoms with E-state index in [0.29, 0.717) is 0 Å². The standard InChI is InChI=1S/C16H18N2O/c1-11-6-4-5-7-12(11)13-8-9-18-10-14(13)16(2,3)15(17)19/h4-10H,1-3H3,(H2,17,19). The van der Waals surface area contributed by atoms with E-state index in [1.165, 1.54) is 0 Å². The summed E-state index contributed by atoms with van der Waals surface area (Å²) in [4.78, 5) is 15.8. The molecule has 2 rings (SSSR count). The van der Waals surface area contributed by atoms with Crippen molar-refractivity contribution in [2.45, 2.75) is 26.2 Å². The number of nitrogens with two attached hydrogens (primary N) is 1. The monoisotopic (exact) mass is 254 g/mol. The van der Waals surface area contributed by atoms with Gasteiger partial charge < -0.3 is 5.73 Å². The Kier molecular flexibility index (Phi) is 3.38. The molecule has 0 bridgehead atoms. The van der Waals surface area contributed by atoms with Crippen LogP contribution in [0, 0.1) is 6.92 Å². The quantitative estimate of drug-likeness (QED) is 0.915. The summed E-state index contributed by atoms with van der Waals surface area (Å²) in [5, 5.41) is 0. The summed E-state index contributed by atoms with van der Waals surface area (Å²) in [7, 11) is 0. The van der Waals surface area contributed by atoms with E-state index >= 15 is 0 Å². The summed E-state index contributed by atoms with van der Waals surface area (Å²) < 4.78 is 0. The average Bonchev–Trinajstić information content (AvgIpc) is 2.39. The van der Waals surface area contributed by atoms with Gasteiger partial charge in [-0.15, -0.1) is 0 Å². The van der Waals surface area contributed by atoms with Crippen molar-refractivity contribution < 1.29 is 4.79 Å². The van der Waals surface area contributed by atoms with Crippen molar-refractivity contribution in [3.05, 3.63) is 53.9 Å². The number of hydrogen-bond acceptors (Lipinski definition) is 2. The Morgan fingerprint density at radius 1 is 1.16 bits per heavy atom. The fraction of sp³-hybridized carbons (Fsp3) is 0.250. The maximum Gasteiger partial charge on any atom is 0.227 e. The van der Waals surface area contributed by atoms with E-state index in [1.54, 1.807) is 12.4 Å². The van der Waals surface area contributed by atoms with Crippen LogP contribution in [0.1, 0.15) is 25.0 Å². The normalized spacial score (nSPS) is 11.3. The molecule has 0 unspecified atom stereocenters. The van der Waals surface area contributed by atoms with Gasteiger partial charge in [-0.3, -0.25) is 9.78 Å². The predicted octanol–water partition coefficient (Wildman–Crippen LogP) is 2.82. The average molecular weight is 254 g/mol. The first-order chi connectivity index (χ1) is 8.94. The smallest absolute Gasteiger partial charge is 0.227 e. The van der Waals surface area contributed by atoms with E-state index < -0.39 is 5.41 Å². The molecule has 1 aromatic carbocycles. The highest BCUT2D eigenvalue weighted by Gasteiger charge is 2.30. The zero-order valence-corrected chi connectivity index (χ0v) is 11.5. The maximum absolute atomic E-state index is 11.7. The Labute approximate surface area is 113 Å². The second-order valence-electron chi connectivity index (χ2n) is 5.23. The van der Waals surface area contributed by atoms with Gasteiger partial charge in [0.25, 0.3) is 0 Å². The van der Waals surface area contributed by atoms with E-state index in [-0.39, 0.29) is 5.91 Å². The van der Waals surface area contributed by atoms with E-state index in [2.05, 4.69) is 18.0 Å². The van der Waals surface area contributed by atoms with Gasteiger partial charge in [-0.25, -0.2) is 0 Å². The van der Waals surface area contributed by atoms with Crippen molar-refractivity contribution in [1.82, 2.24) is 4.98 Å². The number of primary amides is 1. The van der Waals surface area contributed by atoms with Crippen molar-refractivity contribution in [1.29, 1.82) is 0 Å². The molecule has 0 aliphatic carbocycles. The highest BCUT2D eigenvalue weighted by molar-refractivity contribution is 5.88. The van der Waals surface area contributed by atoms with E-state index in [1.807, 2.05) is 38.1 Å². The number of hydrogen-bond donors (Lipinski definition) is 1. The van der Waals surface area contributed by atoms with Crippen LogP contribution in [0.4, 0.5) is 0 Å². The molecule has 2 aromatic rings. The molecule has 0 saturated heterocycles. The molecule has 1 aromatic heterocycles. The number of aromatic nitrogens is 1. The first-order valence-corrected chi connectivity index (χ1v) is 6.25. The molecule has 19 heavy (non-hydrogen) atoms. The first kappa shape index (κ1) is 13.3. The molecule has 98 valence electrons. The van der Waals surface area contributed by atoms with Crippen molar-refractivity contribution in [2.24, 2.45) is 5.73 Å². The van der Waals surface area contributed by atoms with Gasteiger partial charge in [-0.2, -0.15) is 0 Å². The largest absolute Gasteiger partial charge is 0.369 e. The number of amides is 1. The Bertz CT molecular complexity index is 618. The molecular weight excluding hydrogens is 236 g/mol. The zero-order valence-electron chi connectivity index (χ0n) is 11.5. The molecule has 0 saturated carbocycles. The molecule has 1 amide bonds. The zero-order chi connectivity index (χ0) is 14.0. The second-order valence-corrected chi connectivity index (χ2v) is 5.23. The van der Waals surface area contributed by atoms with Crippen LogP contribution in [0.3, 0.4) is 0 Å². The third-order valence-electron chi connectivity index (χ3n) is 3.55. The predicted molar refractivity (Wildman–Crippen MR) is 76.6 cm³/mol. The van der Waals surface area contributed by atoms with Crippen LogP contribution in [0.25, 0.3) is 11.1 Å². The number of aryl methyl sites for hydroxylation is 1. The van der Waals surface area contributed by atoms with Gasteiger partial charge >= 0.3 is 0 Å². The summed E-state index contributed by atoms with van der Waals surface area (Å²) in [6, 6.07) is 10.0. The van der Waals surface area contributed by atoms with Crippen LogP contribution in [-0.4, -0.2) is 10.9 Å². The van der Waals surface area contributed by atoms with Crippen LogP contribution in [0.2, 0.25) is 0 Å². The van der Waals surface area contributed by atoms with Gasteiger partial charge in [0.1, 0.15) is 0 Å². The number of carbonyl (C=O) groups is 1. The topological polar surface area (TPSA) is 56.0 Å². The first-order valence-electron chi connectivity index (χ1n) is 6.25. The van der Waals surface area contributed by atoms with E-state index in [9.17, 15) is 4.79 Å². The molecule has 2 N–H and O–H groups in total. The van der Waals surface area contributed by atoms with Crippen LogP contribution in [0.5, 0.6) is 0 Å². The third-order valence-corrected chi connectivity index (χ3v) is 3.55. The Morgan fingerprint density at radius 2 is 1.84 bits per heavy atom. The van der Waals surface area contributed by atoms with Gasteiger partial charge in [0, 0.05) is 12.4 Å². The summed E-state index contributed by atoms with van der Waals surface area (Å²) in [5.41, 5.74) is 8.91. The van der Waals surface area contributed by atoms with Gasteiger partial charge in [0.05, 0.1) is 5.41 Å². The minimum absolute atomic E-state index is 0.352. The lowest BCUT2D eigenvalue weighted by molar-refractivity contribution is -0.122. The van der Waals surface area contributed by atoms with Gasteiger partial charge in [0.15, 0.2) is 0 Å². The lowest BCUT2D eigenvalue weighted by Gasteiger charge is -2.24. The summed E-state index contributed by atoms with van der Waals surface area (Å²) >= 11 is 0. The van der Waals surface area contributed by atoms with Gasteiger partial charge in [-0.1, -0.05) is 24.3 Å². The molecule has 0 aliphatic rings. The molecule has 0 atom stereocenters. The molecule has 0 aliphatic heterocycles. The van der Waals surface area contributed by atoms with Crippen molar-refractivity contribution in [3.8, 4) is 11.1 Å². The fourth-order valence-corrected chi connectivity index (χ4v) is 2.14. The third kappa shape index (κ3) is 2.36. The minimum atomic E-state index is -0.744. The Morgan fingerprint density at radius 3 is 2.47 bits per heavy atom. The lowest BCUT2D eigenvalue weighted by Crippen LogP contribution is -2.36.